The molecule has 148 valence electrons. The van der Waals surface area contributed by atoms with Gasteiger partial charge < -0.3 is 20.9 Å². The minimum absolute atomic E-state index is 0.0441. The predicted molar refractivity (Wildman–Crippen MR) is 102 cm³/mol. The molecule has 0 spiro atoms. The maximum atomic E-state index is 12.2. The second kappa shape index (κ2) is 11.3. The second-order valence-corrected chi connectivity index (χ2v) is 6.40. The number of carboxylic acids is 1. The van der Waals surface area contributed by atoms with Crippen molar-refractivity contribution in [2.24, 2.45) is 5.73 Å². The van der Waals surface area contributed by atoms with Crippen molar-refractivity contribution in [2.75, 3.05) is 5.75 Å². The molecular formula is C18H24N2O6S. The topological polar surface area (TPSA) is 136 Å². The monoisotopic (exact) mass is 396 g/mol. The van der Waals surface area contributed by atoms with Crippen molar-refractivity contribution in [3.63, 3.8) is 0 Å². The Morgan fingerprint density at radius 1 is 1.15 bits per heavy atom. The number of hydrogen-bond donors (Lipinski definition) is 4. The fraction of sp³-hybridized carbons (Fsp3) is 0.444. The Morgan fingerprint density at radius 3 is 2.33 bits per heavy atom. The van der Waals surface area contributed by atoms with E-state index in [1.165, 1.54) is 0 Å². The van der Waals surface area contributed by atoms with Crippen LogP contribution < -0.4 is 15.8 Å². The molecule has 27 heavy (non-hydrogen) atoms. The number of benzene rings is 1. The van der Waals surface area contributed by atoms with Crippen LogP contribution in [0, 0.1) is 6.92 Å². The first-order valence-corrected chi connectivity index (χ1v) is 9.04. The highest BCUT2D eigenvalue weighted by Gasteiger charge is 2.21. The molecule has 1 aromatic rings. The standard InChI is InChI=1S/C18H24N2O6S/c1-11-2-4-12(5-3-11)26-17(23)9-7-15(21)14(10-27)20-16(22)8-6-13(19)18(24)25/h2-5,13-14,27H,6-10,19H2,1H3,(H,20,22)(H,24,25). The number of ketones is 1. The maximum absolute atomic E-state index is 12.2. The number of hydrogen-bond acceptors (Lipinski definition) is 7. The lowest BCUT2D eigenvalue weighted by Crippen LogP contribution is -2.43. The Hall–Kier alpha value is -2.39. The number of carbonyl (C=O) groups is 4. The molecule has 1 amide bonds. The normalized spacial score (nSPS) is 12.7. The van der Waals surface area contributed by atoms with Gasteiger partial charge in [-0.1, -0.05) is 17.7 Å². The van der Waals surface area contributed by atoms with E-state index in [0.29, 0.717) is 5.75 Å². The first-order valence-electron chi connectivity index (χ1n) is 8.41. The lowest BCUT2D eigenvalue weighted by molar-refractivity contribution is -0.139. The highest BCUT2D eigenvalue weighted by Crippen LogP contribution is 2.13. The van der Waals surface area contributed by atoms with Crippen LogP contribution >= 0.6 is 12.6 Å². The first-order chi connectivity index (χ1) is 12.7. The Bertz CT molecular complexity index is 677. The number of rotatable bonds is 11. The van der Waals surface area contributed by atoms with Gasteiger partial charge in [-0.15, -0.1) is 0 Å². The molecule has 0 radical (unpaired) electrons. The fourth-order valence-electron chi connectivity index (χ4n) is 2.09. The van der Waals surface area contributed by atoms with Gasteiger partial charge in [-0.25, -0.2) is 0 Å². The van der Waals surface area contributed by atoms with Crippen LogP contribution in [-0.2, 0) is 19.2 Å². The van der Waals surface area contributed by atoms with Gasteiger partial charge in [0.15, 0.2) is 5.78 Å². The summed E-state index contributed by atoms with van der Waals surface area (Å²) >= 11 is 4.03. The zero-order valence-electron chi connectivity index (χ0n) is 15.0. The molecule has 0 saturated heterocycles. The largest absolute Gasteiger partial charge is 0.480 e. The van der Waals surface area contributed by atoms with Gasteiger partial charge in [-0.05, 0) is 25.5 Å². The summed E-state index contributed by atoms with van der Waals surface area (Å²) < 4.78 is 5.13. The molecule has 0 saturated carbocycles. The van der Waals surface area contributed by atoms with Crippen molar-refractivity contribution in [1.82, 2.24) is 5.32 Å². The minimum atomic E-state index is -1.20. The highest BCUT2D eigenvalue weighted by molar-refractivity contribution is 7.80. The number of aliphatic carboxylic acids is 1. The molecule has 0 aromatic heterocycles. The summed E-state index contributed by atoms with van der Waals surface area (Å²) in [6.07, 6.45) is -0.403. The molecule has 4 N–H and O–H groups in total. The van der Waals surface area contributed by atoms with Crippen LogP contribution in [0.4, 0.5) is 0 Å². The number of thiol groups is 1. The smallest absolute Gasteiger partial charge is 0.320 e. The molecular weight excluding hydrogens is 372 g/mol. The molecule has 0 fully saturated rings. The lowest BCUT2D eigenvalue weighted by atomic mass is 10.1. The van der Waals surface area contributed by atoms with Crippen LogP contribution in [0.15, 0.2) is 24.3 Å². The van der Waals surface area contributed by atoms with Gasteiger partial charge in [-0.2, -0.15) is 12.6 Å². The third-order valence-corrected chi connectivity index (χ3v) is 4.10. The van der Waals surface area contributed by atoms with Gasteiger partial charge in [0.25, 0.3) is 0 Å². The van der Waals surface area contributed by atoms with E-state index >= 15 is 0 Å². The first kappa shape index (κ1) is 22.7. The number of Topliss-reactive ketones (excluding diaryl/α,β-unsaturated/α-hetero) is 1. The highest BCUT2D eigenvalue weighted by atomic mass is 32.1. The summed E-state index contributed by atoms with van der Waals surface area (Å²) in [6.45, 7) is 1.91. The Morgan fingerprint density at radius 2 is 1.78 bits per heavy atom. The van der Waals surface area contributed by atoms with E-state index in [0.717, 1.165) is 5.56 Å². The summed E-state index contributed by atoms with van der Waals surface area (Å²) in [5.74, 6) is -2.15. The summed E-state index contributed by atoms with van der Waals surface area (Å²) in [6, 6.07) is 4.92. The summed E-state index contributed by atoms with van der Waals surface area (Å²) in [7, 11) is 0. The van der Waals surface area contributed by atoms with Crippen molar-refractivity contribution in [1.29, 1.82) is 0 Å². The summed E-state index contributed by atoms with van der Waals surface area (Å²) in [5.41, 5.74) is 6.36. The van der Waals surface area contributed by atoms with Crippen molar-refractivity contribution in [3.05, 3.63) is 29.8 Å². The zero-order valence-corrected chi connectivity index (χ0v) is 15.9. The number of carboxylic acid groups (broad SMARTS) is 1. The number of amides is 1. The van der Waals surface area contributed by atoms with E-state index < -0.39 is 29.9 Å². The quantitative estimate of drug-likeness (QED) is 0.247. The number of carbonyl (C=O) groups excluding carboxylic acids is 3. The zero-order chi connectivity index (χ0) is 20.4. The molecule has 2 unspecified atom stereocenters. The van der Waals surface area contributed by atoms with Gasteiger partial charge in [0, 0.05) is 18.6 Å². The van der Waals surface area contributed by atoms with Gasteiger partial charge in [0.1, 0.15) is 11.8 Å². The van der Waals surface area contributed by atoms with Crippen LogP contribution in [0.2, 0.25) is 0 Å². The third-order valence-electron chi connectivity index (χ3n) is 3.73. The fourth-order valence-corrected chi connectivity index (χ4v) is 2.39. The van der Waals surface area contributed by atoms with Crippen molar-refractivity contribution < 1.29 is 29.0 Å². The van der Waals surface area contributed by atoms with Crippen LogP contribution in [0.3, 0.4) is 0 Å². The average molecular weight is 396 g/mol. The van der Waals surface area contributed by atoms with Gasteiger partial charge >= 0.3 is 11.9 Å². The molecule has 9 heteroatoms. The van der Waals surface area contributed by atoms with E-state index in [2.05, 4.69) is 17.9 Å². The van der Waals surface area contributed by atoms with E-state index in [4.69, 9.17) is 15.6 Å². The van der Waals surface area contributed by atoms with E-state index in [1.54, 1.807) is 24.3 Å². The molecule has 0 bridgehead atoms. The van der Waals surface area contributed by atoms with Gasteiger partial charge in [0.2, 0.25) is 5.91 Å². The Labute approximate surface area is 162 Å². The minimum Gasteiger partial charge on any atom is -0.480 e. The molecule has 0 aliphatic carbocycles. The maximum Gasteiger partial charge on any atom is 0.320 e. The number of ether oxygens (including phenoxy) is 1. The molecule has 2 atom stereocenters. The Kier molecular flexibility index (Phi) is 9.52. The van der Waals surface area contributed by atoms with Crippen molar-refractivity contribution in [2.45, 2.75) is 44.7 Å². The molecule has 0 heterocycles. The molecule has 0 aliphatic rings. The predicted octanol–water partition coefficient (Wildman–Crippen LogP) is 0.856. The lowest BCUT2D eigenvalue weighted by Gasteiger charge is -2.16. The van der Waals surface area contributed by atoms with E-state index in [9.17, 15) is 19.2 Å². The average Bonchev–Trinajstić information content (AvgIpc) is 2.63. The SMILES string of the molecule is Cc1ccc(OC(=O)CCC(=O)C(CS)NC(=O)CCC(N)C(=O)O)cc1. The van der Waals surface area contributed by atoms with Crippen molar-refractivity contribution in [3.8, 4) is 5.75 Å². The van der Waals surface area contributed by atoms with Crippen LogP contribution in [0.1, 0.15) is 31.2 Å². The van der Waals surface area contributed by atoms with Crippen LogP contribution in [0.5, 0.6) is 5.75 Å². The number of nitrogens with two attached hydrogens (primary N) is 1. The summed E-state index contributed by atoms with van der Waals surface area (Å²) in [5, 5.41) is 11.2. The number of nitrogens with one attached hydrogen (secondary N) is 1. The molecule has 8 nitrogen and oxygen atoms in total. The Balaban J connectivity index is 2.41. The van der Waals surface area contributed by atoms with Crippen LogP contribution in [-0.4, -0.2) is 46.6 Å². The van der Waals surface area contributed by atoms with E-state index in [-0.39, 0.29) is 37.2 Å². The molecule has 1 rings (SSSR count). The van der Waals surface area contributed by atoms with E-state index in [1.807, 2.05) is 6.92 Å². The number of esters is 1. The van der Waals surface area contributed by atoms with Gasteiger partial charge in [0.05, 0.1) is 12.5 Å². The van der Waals surface area contributed by atoms with Crippen LogP contribution in [0.25, 0.3) is 0 Å². The second-order valence-electron chi connectivity index (χ2n) is 6.04. The van der Waals surface area contributed by atoms with Gasteiger partial charge in [-0.3, -0.25) is 19.2 Å². The number of aryl methyl sites for hydroxylation is 1. The molecule has 1 aromatic carbocycles. The summed E-state index contributed by atoms with van der Waals surface area (Å²) in [4.78, 5) is 46.4. The third kappa shape index (κ3) is 8.69. The molecule has 0 aliphatic heterocycles. The van der Waals surface area contributed by atoms with Crippen molar-refractivity contribution >= 4 is 36.3 Å².